The summed E-state index contributed by atoms with van der Waals surface area (Å²) >= 11 is 6.03. The van der Waals surface area contributed by atoms with Crippen molar-refractivity contribution in [3.05, 3.63) is 64.6 Å². The number of fused-ring (bicyclic) bond motifs is 1. The average molecular weight is 343 g/mol. The molecule has 0 fully saturated rings. The van der Waals surface area contributed by atoms with Crippen molar-refractivity contribution in [3.8, 4) is 0 Å². The molecule has 0 unspecified atom stereocenters. The SMILES string of the molecule is CCc1nc2ccc(Cl)cn2c1C(=O)Nc1ccc(C(N)=O)cc1. The average Bonchev–Trinajstić information content (AvgIpc) is 2.93. The van der Waals surface area contributed by atoms with E-state index in [-0.39, 0.29) is 5.91 Å². The summed E-state index contributed by atoms with van der Waals surface area (Å²) in [7, 11) is 0. The second-order valence-electron chi connectivity index (χ2n) is 5.23. The fraction of sp³-hybridized carbons (Fsp3) is 0.118. The number of hydrogen-bond acceptors (Lipinski definition) is 3. The zero-order chi connectivity index (χ0) is 17.3. The van der Waals surface area contributed by atoms with Crippen LogP contribution in [0.3, 0.4) is 0 Å². The van der Waals surface area contributed by atoms with Crippen molar-refractivity contribution < 1.29 is 9.59 Å². The van der Waals surface area contributed by atoms with Crippen LogP contribution in [0.15, 0.2) is 42.6 Å². The van der Waals surface area contributed by atoms with E-state index in [2.05, 4.69) is 10.3 Å². The maximum absolute atomic E-state index is 12.7. The highest BCUT2D eigenvalue weighted by Gasteiger charge is 2.18. The van der Waals surface area contributed by atoms with E-state index in [0.717, 1.165) is 0 Å². The van der Waals surface area contributed by atoms with E-state index in [1.54, 1.807) is 47.0 Å². The summed E-state index contributed by atoms with van der Waals surface area (Å²) < 4.78 is 1.67. The van der Waals surface area contributed by atoms with Gasteiger partial charge in [-0.2, -0.15) is 0 Å². The fourth-order valence-electron chi connectivity index (χ4n) is 2.46. The minimum absolute atomic E-state index is 0.298. The number of nitrogens with one attached hydrogen (secondary N) is 1. The van der Waals surface area contributed by atoms with E-state index in [1.807, 2.05) is 6.92 Å². The molecule has 0 radical (unpaired) electrons. The van der Waals surface area contributed by atoms with Crippen molar-refractivity contribution in [2.75, 3.05) is 5.32 Å². The standard InChI is InChI=1S/C17H15ClN4O2/c1-2-13-15(22-9-11(18)5-8-14(22)21-13)17(24)20-12-6-3-10(4-7-12)16(19)23/h3-9H,2H2,1H3,(H2,19,23)(H,20,24). The van der Waals surface area contributed by atoms with E-state index in [9.17, 15) is 9.59 Å². The molecule has 3 N–H and O–H groups in total. The topological polar surface area (TPSA) is 89.5 Å². The number of aromatic nitrogens is 2. The fourth-order valence-corrected chi connectivity index (χ4v) is 2.62. The Balaban J connectivity index is 1.96. The summed E-state index contributed by atoms with van der Waals surface area (Å²) in [5.74, 6) is -0.814. The normalized spacial score (nSPS) is 10.8. The molecule has 24 heavy (non-hydrogen) atoms. The quantitative estimate of drug-likeness (QED) is 0.764. The Morgan fingerprint density at radius 2 is 1.92 bits per heavy atom. The monoisotopic (exact) mass is 342 g/mol. The highest BCUT2D eigenvalue weighted by Crippen LogP contribution is 2.19. The molecule has 0 saturated carbocycles. The van der Waals surface area contributed by atoms with Gasteiger partial charge in [-0.1, -0.05) is 18.5 Å². The molecular weight excluding hydrogens is 328 g/mol. The van der Waals surface area contributed by atoms with Crippen LogP contribution in [0, 0.1) is 0 Å². The van der Waals surface area contributed by atoms with Crippen molar-refractivity contribution in [2.24, 2.45) is 5.73 Å². The molecule has 0 aliphatic heterocycles. The predicted octanol–water partition coefficient (Wildman–Crippen LogP) is 2.90. The lowest BCUT2D eigenvalue weighted by atomic mass is 10.2. The Bertz CT molecular complexity index is 932. The van der Waals surface area contributed by atoms with Gasteiger partial charge in [-0.3, -0.25) is 14.0 Å². The minimum Gasteiger partial charge on any atom is -0.366 e. The second kappa shape index (κ2) is 6.33. The first-order valence-corrected chi connectivity index (χ1v) is 7.75. The molecule has 0 spiro atoms. The number of anilines is 1. The lowest BCUT2D eigenvalue weighted by Crippen LogP contribution is -2.16. The molecule has 3 aromatic rings. The van der Waals surface area contributed by atoms with E-state index in [1.165, 1.54) is 0 Å². The van der Waals surface area contributed by atoms with Gasteiger partial charge in [-0.15, -0.1) is 0 Å². The van der Waals surface area contributed by atoms with Crippen LogP contribution in [0.4, 0.5) is 5.69 Å². The number of primary amides is 1. The van der Waals surface area contributed by atoms with E-state index < -0.39 is 5.91 Å². The predicted molar refractivity (Wildman–Crippen MR) is 92.5 cm³/mol. The maximum atomic E-state index is 12.7. The molecule has 0 atom stereocenters. The first kappa shape index (κ1) is 16.0. The van der Waals surface area contributed by atoms with Crippen LogP contribution in [0.1, 0.15) is 33.5 Å². The number of imidazole rings is 1. The van der Waals surface area contributed by atoms with Crippen LogP contribution in [-0.2, 0) is 6.42 Å². The number of amides is 2. The Kier molecular flexibility index (Phi) is 4.22. The van der Waals surface area contributed by atoms with Gasteiger partial charge < -0.3 is 11.1 Å². The van der Waals surface area contributed by atoms with Gasteiger partial charge in [0, 0.05) is 17.4 Å². The van der Waals surface area contributed by atoms with E-state index in [0.29, 0.717) is 39.7 Å². The molecule has 1 aromatic carbocycles. The molecule has 7 heteroatoms. The molecule has 0 aliphatic rings. The third kappa shape index (κ3) is 2.96. The molecule has 3 rings (SSSR count). The molecular formula is C17H15ClN4O2. The summed E-state index contributed by atoms with van der Waals surface area (Å²) in [6, 6.07) is 9.86. The van der Waals surface area contributed by atoms with Crippen LogP contribution in [0.25, 0.3) is 5.65 Å². The number of rotatable bonds is 4. The Morgan fingerprint density at radius 3 is 2.54 bits per heavy atom. The molecule has 0 saturated heterocycles. The Labute approximate surface area is 143 Å². The van der Waals surface area contributed by atoms with Gasteiger partial charge in [0.05, 0.1) is 10.7 Å². The van der Waals surface area contributed by atoms with Crippen LogP contribution >= 0.6 is 11.6 Å². The maximum Gasteiger partial charge on any atom is 0.274 e. The zero-order valence-electron chi connectivity index (χ0n) is 12.9. The van der Waals surface area contributed by atoms with Crippen LogP contribution in [0.2, 0.25) is 5.02 Å². The summed E-state index contributed by atoms with van der Waals surface area (Å²) in [6.07, 6.45) is 2.27. The molecule has 6 nitrogen and oxygen atoms in total. The molecule has 122 valence electrons. The number of aryl methyl sites for hydroxylation is 1. The third-order valence-electron chi connectivity index (χ3n) is 3.63. The van der Waals surface area contributed by atoms with Gasteiger partial charge in [0.15, 0.2) is 0 Å². The minimum atomic E-state index is -0.516. The summed E-state index contributed by atoms with van der Waals surface area (Å²) in [5.41, 5.74) is 7.92. The number of hydrogen-bond donors (Lipinski definition) is 2. The van der Waals surface area contributed by atoms with E-state index in [4.69, 9.17) is 17.3 Å². The van der Waals surface area contributed by atoms with Gasteiger partial charge in [-0.25, -0.2) is 4.98 Å². The van der Waals surface area contributed by atoms with Crippen molar-refractivity contribution in [1.82, 2.24) is 9.38 Å². The highest BCUT2D eigenvalue weighted by molar-refractivity contribution is 6.30. The zero-order valence-corrected chi connectivity index (χ0v) is 13.7. The lowest BCUT2D eigenvalue weighted by Gasteiger charge is -2.07. The number of halogens is 1. The number of benzene rings is 1. The number of nitrogens with zero attached hydrogens (tertiary/aromatic N) is 2. The van der Waals surface area contributed by atoms with Crippen molar-refractivity contribution in [1.29, 1.82) is 0 Å². The van der Waals surface area contributed by atoms with Crippen LogP contribution < -0.4 is 11.1 Å². The third-order valence-corrected chi connectivity index (χ3v) is 3.86. The van der Waals surface area contributed by atoms with E-state index >= 15 is 0 Å². The first-order valence-electron chi connectivity index (χ1n) is 7.37. The number of carbonyl (C=O) groups is 2. The summed E-state index contributed by atoms with van der Waals surface area (Å²) in [4.78, 5) is 28.2. The van der Waals surface area contributed by atoms with Gasteiger partial charge in [0.25, 0.3) is 5.91 Å². The molecule has 2 heterocycles. The van der Waals surface area contributed by atoms with Gasteiger partial charge in [0.2, 0.25) is 5.91 Å². The first-order chi connectivity index (χ1) is 11.5. The number of carbonyl (C=O) groups excluding carboxylic acids is 2. The van der Waals surface area contributed by atoms with Gasteiger partial charge >= 0.3 is 0 Å². The van der Waals surface area contributed by atoms with Crippen LogP contribution in [-0.4, -0.2) is 21.2 Å². The van der Waals surface area contributed by atoms with Crippen molar-refractivity contribution >= 4 is 34.7 Å². The van der Waals surface area contributed by atoms with Gasteiger partial charge in [0.1, 0.15) is 11.3 Å². The van der Waals surface area contributed by atoms with Crippen LogP contribution in [0.5, 0.6) is 0 Å². The Morgan fingerprint density at radius 1 is 1.21 bits per heavy atom. The largest absolute Gasteiger partial charge is 0.366 e. The molecule has 0 aliphatic carbocycles. The molecule has 2 amide bonds. The summed E-state index contributed by atoms with van der Waals surface area (Å²) in [6.45, 7) is 1.93. The second-order valence-corrected chi connectivity index (χ2v) is 5.67. The number of pyridine rings is 1. The Hall–Kier alpha value is -2.86. The molecule has 2 aromatic heterocycles. The van der Waals surface area contributed by atoms with Gasteiger partial charge in [-0.05, 0) is 42.8 Å². The summed E-state index contributed by atoms with van der Waals surface area (Å²) in [5, 5.41) is 3.32. The number of nitrogens with two attached hydrogens (primary N) is 1. The molecule has 0 bridgehead atoms. The van der Waals surface area contributed by atoms with Crippen molar-refractivity contribution in [2.45, 2.75) is 13.3 Å². The lowest BCUT2D eigenvalue weighted by molar-refractivity contribution is 0.0997. The highest BCUT2D eigenvalue weighted by atomic mass is 35.5. The smallest absolute Gasteiger partial charge is 0.274 e. The van der Waals surface area contributed by atoms with Crippen molar-refractivity contribution in [3.63, 3.8) is 0 Å².